The Bertz CT molecular complexity index is 1150. The highest BCUT2D eigenvalue weighted by Crippen LogP contribution is 2.41. The van der Waals surface area contributed by atoms with E-state index in [4.69, 9.17) is 11.6 Å². The number of aryl methyl sites for hydroxylation is 1. The first-order valence-electron chi connectivity index (χ1n) is 9.52. The van der Waals surface area contributed by atoms with Crippen LogP contribution in [0, 0.1) is 6.92 Å². The maximum absolute atomic E-state index is 13.4. The molecule has 31 heavy (non-hydrogen) atoms. The van der Waals surface area contributed by atoms with E-state index in [0.29, 0.717) is 20.9 Å². The SMILES string of the molecule is Cc1ccc(CNC(=O)[C@]2(O)c3cc(Br)ccc3NC(=O)N2c2ccc(Cl)cc2)cc1. The molecule has 158 valence electrons. The Morgan fingerprint density at radius 1 is 1.13 bits per heavy atom. The zero-order valence-electron chi connectivity index (χ0n) is 16.5. The van der Waals surface area contributed by atoms with E-state index < -0.39 is 17.7 Å². The molecule has 8 heteroatoms. The molecule has 4 rings (SSSR count). The van der Waals surface area contributed by atoms with Crippen molar-refractivity contribution in [2.24, 2.45) is 0 Å². The van der Waals surface area contributed by atoms with Crippen LogP contribution < -0.4 is 15.5 Å². The zero-order valence-corrected chi connectivity index (χ0v) is 18.9. The summed E-state index contributed by atoms with van der Waals surface area (Å²) >= 11 is 9.37. The van der Waals surface area contributed by atoms with Crippen LogP contribution in [0.2, 0.25) is 5.02 Å². The molecule has 0 saturated heterocycles. The molecule has 6 nitrogen and oxygen atoms in total. The first kappa shape index (κ1) is 21.4. The largest absolute Gasteiger partial charge is 0.359 e. The lowest BCUT2D eigenvalue weighted by Crippen LogP contribution is -2.62. The molecule has 1 atom stereocenters. The summed E-state index contributed by atoms with van der Waals surface area (Å²) in [6, 6.07) is 18.3. The van der Waals surface area contributed by atoms with E-state index >= 15 is 0 Å². The minimum atomic E-state index is -2.28. The Kier molecular flexibility index (Phi) is 5.75. The van der Waals surface area contributed by atoms with Crippen molar-refractivity contribution >= 4 is 50.8 Å². The van der Waals surface area contributed by atoms with Gasteiger partial charge in [0.15, 0.2) is 0 Å². The average Bonchev–Trinajstić information content (AvgIpc) is 2.75. The van der Waals surface area contributed by atoms with Gasteiger partial charge in [-0.2, -0.15) is 0 Å². The van der Waals surface area contributed by atoms with E-state index in [-0.39, 0.29) is 12.1 Å². The van der Waals surface area contributed by atoms with Gasteiger partial charge in [0.1, 0.15) is 0 Å². The summed E-state index contributed by atoms with van der Waals surface area (Å²) in [5.41, 5.74) is 0.616. The highest BCUT2D eigenvalue weighted by molar-refractivity contribution is 9.10. The van der Waals surface area contributed by atoms with Crippen LogP contribution in [-0.4, -0.2) is 17.0 Å². The molecular formula is C23H19BrClN3O3. The van der Waals surface area contributed by atoms with E-state index in [1.165, 1.54) is 0 Å². The maximum atomic E-state index is 13.4. The number of aliphatic hydroxyl groups is 1. The summed E-state index contributed by atoms with van der Waals surface area (Å²) in [5.74, 6) is -0.725. The van der Waals surface area contributed by atoms with Gasteiger partial charge in [-0.15, -0.1) is 0 Å². The monoisotopic (exact) mass is 499 g/mol. The van der Waals surface area contributed by atoms with Gasteiger partial charge >= 0.3 is 6.03 Å². The topological polar surface area (TPSA) is 81.7 Å². The molecule has 0 spiro atoms. The van der Waals surface area contributed by atoms with Crippen molar-refractivity contribution in [2.45, 2.75) is 19.2 Å². The lowest BCUT2D eigenvalue weighted by Gasteiger charge is -2.42. The van der Waals surface area contributed by atoms with E-state index in [1.54, 1.807) is 42.5 Å². The molecule has 1 aliphatic rings. The summed E-state index contributed by atoms with van der Waals surface area (Å²) in [4.78, 5) is 27.4. The third-order valence-corrected chi connectivity index (χ3v) is 5.85. The van der Waals surface area contributed by atoms with Crippen LogP contribution >= 0.6 is 27.5 Å². The smallest absolute Gasteiger partial charge is 0.329 e. The molecule has 3 aromatic carbocycles. The number of nitrogens with one attached hydrogen (secondary N) is 2. The second-order valence-corrected chi connectivity index (χ2v) is 8.62. The molecule has 3 aromatic rings. The van der Waals surface area contributed by atoms with Gasteiger partial charge in [0, 0.05) is 27.3 Å². The number of halogens is 2. The highest BCUT2D eigenvalue weighted by atomic mass is 79.9. The standard InChI is InChI=1S/C23H19BrClN3O3/c1-14-2-4-15(5-3-14)13-26-21(29)23(31)19-12-16(24)6-11-20(19)27-22(30)28(23)18-9-7-17(25)8-10-18/h2-12,31H,13H2,1H3,(H,26,29)(H,27,30)/t23-/m1/s1. The van der Waals surface area contributed by atoms with Crippen molar-refractivity contribution in [2.75, 3.05) is 10.2 Å². The van der Waals surface area contributed by atoms with Gasteiger partial charge in [0.25, 0.3) is 11.6 Å². The number of hydrogen-bond acceptors (Lipinski definition) is 3. The number of urea groups is 1. The fourth-order valence-corrected chi connectivity index (χ4v) is 3.97. The molecule has 0 radical (unpaired) electrons. The van der Waals surface area contributed by atoms with Crippen molar-refractivity contribution in [3.63, 3.8) is 0 Å². The molecule has 0 saturated carbocycles. The van der Waals surface area contributed by atoms with Crippen molar-refractivity contribution in [1.82, 2.24) is 5.32 Å². The number of amides is 3. The Morgan fingerprint density at radius 3 is 2.48 bits per heavy atom. The summed E-state index contributed by atoms with van der Waals surface area (Å²) < 4.78 is 0.656. The Hall–Kier alpha value is -2.87. The average molecular weight is 501 g/mol. The van der Waals surface area contributed by atoms with Crippen LogP contribution in [0.3, 0.4) is 0 Å². The summed E-state index contributed by atoms with van der Waals surface area (Å²) in [7, 11) is 0. The van der Waals surface area contributed by atoms with Gasteiger partial charge < -0.3 is 15.7 Å². The van der Waals surface area contributed by atoms with E-state index in [2.05, 4.69) is 26.6 Å². The van der Waals surface area contributed by atoms with Crippen molar-refractivity contribution in [3.8, 4) is 0 Å². The molecular weight excluding hydrogens is 482 g/mol. The molecule has 1 heterocycles. The number of carbonyl (C=O) groups is 2. The minimum absolute atomic E-state index is 0.195. The normalized spacial score (nSPS) is 17.7. The minimum Gasteiger partial charge on any atom is -0.359 e. The second kappa shape index (κ2) is 8.34. The number of benzene rings is 3. The quantitative estimate of drug-likeness (QED) is 0.475. The molecule has 3 amide bonds. The molecule has 1 aliphatic heterocycles. The molecule has 0 bridgehead atoms. The number of anilines is 2. The first-order valence-corrected chi connectivity index (χ1v) is 10.7. The van der Waals surface area contributed by atoms with Crippen LogP contribution in [-0.2, 0) is 17.1 Å². The first-order chi connectivity index (χ1) is 14.8. The van der Waals surface area contributed by atoms with Gasteiger partial charge in [0.2, 0.25) is 0 Å². The maximum Gasteiger partial charge on any atom is 0.329 e. The highest BCUT2D eigenvalue weighted by Gasteiger charge is 2.52. The molecule has 3 N–H and O–H groups in total. The van der Waals surface area contributed by atoms with Gasteiger partial charge in [-0.1, -0.05) is 57.4 Å². The van der Waals surface area contributed by atoms with Crippen molar-refractivity contribution in [3.05, 3.63) is 92.9 Å². The molecule has 0 fully saturated rings. The Balaban J connectivity index is 1.77. The lowest BCUT2D eigenvalue weighted by atomic mass is 9.94. The second-order valence-electron chi connectivity index (χ2n) is 7.27. The molecule has 0 unspecified atom stereocenters. The van der Waals surface area contributed by atoms with Crippen LogP contribution in [0.1, 0.15) is 16.7 Å². The van der Waals surface area contributed by atoms with Gasteiger partial charge in [-0.3, -0.25) is 9.69 Å². The van der Waals surface area contributed by atoms with E-state index in [1.807, 2.05) is 31.2 Å². The van der Waals surface area contributed by atoms with Crippen LogP contribution in [0.4, 0.5) is 16.2 Å². The van der Waals surface area contributed by atoms with Gasteiger partial charge in [0.05, 0.1) is 5.69 Å². The summed E-state index contributed by atoms with van der Waals surface area (Å²) in [6.07, 6.45) is 0. The number of nitrogens with zero attached hydrogens (tertiary/aromatic N) is 1. The Morgan fingerprint density at radius 2 is 1.81 bits per heavy atom. The van der Waals surface area contributed by atoms with E-state index in [9.17, 15) is 14.7 Å². The predicted molar refractivity (Wildman–Crippen MR) is 124 cm³/mol. The third-order valence-electron chi connectivity index (χ3n) is 5.10. The fourth-order valence-electron chi connectivity index (χ4n) is 3.48. The third kappa shape index (κ3) is 4.04. The number of carbonyl (C=O) groups excluding carboxylic acids is 2. The van der Waals surface area contributed by atoms with Gasteiger partial charge in [-0.25, -0.2) is 4.79 Å². The predicted octanol–water partition coefficient (Wildman–Crippen LogP) is 4.92. The Labute approximate surface area is 193 Å². The summed E-state index contributed by atoms with van der Waals surface area (Å²) in [5, 5.41) is 17.8. The van der Waals surface area contributed by atoms with Crippen molar-refractivity contribution in [1.29, 1.82) is 0 Å². The van der Waals surface area contributed by atoms with E-state index in [0.717, 1.165) is 16.0 Å². The summed E-state index contributed by atoms with van der Waals surface area (Å²) in [6.45, 7) is 2.17. The van der Waals surface area contributed by atoms with Crippen molar-refractivity contribution < 1.29 is 14.7 Å². The fraction of sp³-hybridized carbons (Fsp3) is 0.130. The number of rotatable bonds is 4. The van der Waals surface area contributed by atoms with Crippen LogP contribution in [0.5, 0.6) is 0 Å². The van der Waals surface area contributed by atoms with Crippen LogP contribution in [0.25, 0.3) is 0 Å². The van der Waals surface area contributed by atoms with Gasteiger partial charge in [-0.05, 0) is 55.0 Å². The number of hydrogen-bond donors (Lipinski definition) is 3. The number of fused-ring (bicyclic) bond motifs is 1. The molecule has 0 aliphatic carbocycles. The zero-order chi connectivity index (χ0) is 22.2. The molecule has 0 aromatic heterocycles. The lowest BCUT2D eigenvalue weighted by molar-refractivity contribution is -0.140. The van der Waals surface area contributed by atoms with Crippen LogP contribution in [0.15, 0.2) is 71.2 Å².